The van der Waals surface area contributed by atoms with Crippen LogP contribution in [-0.4, -0.2) is 177 Å². The molecule has 0 heterocycles. The molecule has 0 aromatic rings. The van der Waals surface area contributed by atoms with Crippen molar-refractivity contribution in [2.24, 2.45) is 0 Å². The van der Waals surface area contributed by atoms with Crippen LogP contribution in [-0.2, 0) is 66.4 Å². The second-order valence-electron chi connectivity index (χ2n) is 8.97. The van der Waals surface area contributed by atoms with Gasteiger partial charge < -0.3 is 67.0 Å². The normalized spacial score (nSPS) is 12.0. The van der Waals surface area contributed by atoms with Gasteiger partial charge in [-0.1, -0.05) is 0 Å². The van der Waals surface area contributed by atoms with Crippen molar-refractivity contribution in [1.82, 2.24) is 5.32 Å². The van der Waals surface area contributed by atoms with Crippen LogP contribution < -0.4 is 5.32 Å². The molecule has 15 nitrogen and oxygen atoms in total. The number of ether oxygens (including phenoxy) is 12. The predicted octanol–water partition coefficient (Wildman–Crippen LogP) is -0.0909. The van der Waals surface area contributed by atoms with E-state index in [2.05, 4.69) is 5.32 Å². The Balaban J connectivity index is 3.08. The average Bonchev–Trinajstić information content (AvgIpc) is 3.02. The van der Waals surface area contributed by atoms with E-state index < -0.39 is 6.04 Å². The minimum atomic E-state index is -0.483. The molecule has 0 fully saturated rings. The van der Waals surface area contributed by atoms with Crippen molar-refractivity contribution in [3.63, 3.8) is 0 Å². The summed E-state index contributed by atoms with van der Waals surface area (Å²) in [5.41, 5.74) is 0. The fourth-order valence-electron chi connectivity index (χ4n) is 2.97. The monoisotopic (exact) mass is 643 g/mol. The van der Waals surface area contributed by atoms with Crippen LogP contribution in [0.5, 0.6) is 0 Å². The van der Waals surface area contributed by atoms with E-state index in [0.717, 1.165) is 0 Å². The third kappa shape index (κ3) is 36.8. The van der Waals surface area contributed by atoms with Crippen LogP contribution in [0.2, 0.25) is 0 Å². The van der Waals surface area contributed by atoms with E-state index in [0.29, 0.717) is 152 Å². The lowest BCUT2D eigenvalue weighted by Gasteiger charge is -2.09. The van der Waals surface area contributed by atoms with E-state index in [4.69, 9.17) is 56.8 Å². The smallest absolute Gasteiger partial charge is 0.222 e. The highest BCUT2D eigenvalue weighted by atomic mass is 16.6. The van der Waals surface area contributed by atoms with E-state index in [1.807, 2.05) is 0 Å². The van der Waals surface area contributed by atoms with Crippen molar-refractivity contribution in [2.45, 2.75) is 19.4 Å². The average molecular weight is 644 g/mol. The maximum absolute atomic E-state index is 11.5. The Morgan fingerprint density at radius 2 is 0.682 bits per heavy atom. The molecule has 1 amide bonds. The van der Waals surface area contributed by atoms with Gasteiger partial charge in [0.25, 0.3) is 0 Å². The van der Waals surface area contributed by atoms with Gasteiger partial charge in [0.2, 0.25) is 5.91 Å². The number of aldehydes is 1. The molecule has 262 valence electrons. The van der Waals surface area contributed by atoms with Crippen molar-refractivity contribution < 1.29 is 66.4 Å². The number of carbonyl (C=O) groups excluding carboxylic acids is 2. The molecule has 0 saturated heterocycles. The summed E-state index contributed by atoms with van der Waals surface area (Å²) in [6.45, 7) is 12.8. The summed E-state index contributed by atoms with van der Waals surface area (Å²) in [6, 6.07) is -0.483. The Kier molecular flexibility index (Phi) is 36.7. The van der Waals surface area contributed by atoms with Gasteiger partial charge in [-0.25, -0.2) is 0 Å². The molecule has 0 unspecified atom stereocenters. The number of carbonyl (C=O) groups is 2. The Morgan fingerprint density at radius 1 is 0.455 bits per heavy atom. The van der Waals surface area contributed by atoms with Crippen LogP contribution >= 0.6 is 0 Å². The minimum Gasteiger partial charge on any atom is -0.382 e. The third-order valence-corrected chi connectivity index (χ3v) is 5.22. The largest absolute Gasteiger partial charge is 0.382 e. The Bertz CT molecular complexity index is 590. The summed E-state index contributed by atoms with van der Waals surface area (Å²) in [7, 11) is 1.64. The summed E-state index contributed by atoms with van der Waals surface area (Å²) in [6.07, 6.45) is 0.883. The summed E-state index contributed by atoms with van der Waals surface area (Å²) in [5.74, 6) is -0.216. The highest BCUT2D eigenvalue weighted by molar-refractivity contribution is 5.79. The molecule has 0 aliphatic rings. The number of hydrogen-bond donors (Lipinski definition) is 1. The van der Waals surface area contributed by atoms with Gasteiger partial charge in [0.15, 0.2) is 0 Å². The van der Waals surface area contributed by atoms with Gasteiger partial charge in [0.05, 0.1) is 158 Å². The first-order valence-electron chi connectivity index (χ1n) is 15.3. The number of amides is 1. The van der Waals surface area contributed by atoms with E-state index in [1.54, 1.807) is 14.0 Å². The molecular weight excluding hydrogens is 586 g/mol. The van der Waals surface area contributed by atoms with Crippen LogP contribution in [0.15, 0.2) is 0 Å². The van der Waals surface area contributed by atoms with Gasteiger partial charge in [-0.3, -0.25) is 4.79 Å². The van der Waals surface area contributed by atoms with Gasteiger partial charge in [-0.05, 0) is 6.92 Å². The number of methoxy groups -OCH3 is 1. The lowest BCUT2D eigenvalue weighted by atomic mass is 10.3. The van der Waals surface area contributed by atoms with Crippen molar-refractivity contribution in [3.05, 3.63) is 0 Å². The van der Waals surface area contributed by atoms with Gasteiger partial charge in [0.1, 0.15) is 6.29 Å². The topological polar surface area (TPSA) is 157 Å². The molecule has 0 bridgehead atoms. The highest BCUT2D eigenvalue weighted by Crippen LogP contribution is 1.89. The van der Waals surface area contributed by atoms with Crippen LogP contribution in [0.3, 0.4) is 0 Å². The maximum atomic E-state index is 11.5. The van der Waals surface area contributed by atoms with Gasteiger partial charge >= 0.3 is 0 Å². The van der Waals surface area contributed by atoms with E-state index in [1.165, 1.54) is 0 Å². The molecular formula is C29H57NO14. The van der Waals surface area contributed by atoms with Crippen molar-refractivity contribution >= 4 is 12.2 Å². The standard InChI is InChI=1S/C29H57NO14/c1-28(27-31)30-29(32)3-4-34-7-8-36-11-12-38-15-16-40-19-20-42-23-24-44-26-25-43-22-21-41-18-17-39-14-13-37-10-9-35-6-5-33-2/h27-28H,3-26H2,1-2H3,(H,30,32)/t28-/m0/s1. The van der Waals surface area contributed by atoms with Crippen molar-refractivity contribution in [1.29, 1.82) is 0 Å². The molecule has 44 heavy (non-hydrogen) atoms. The maximum Gasteiger partial charge on any atom is 0.222 e. The first-order chi connectivity index (χ1) is 21.7. The Morgan fingerprint density at radius 3 is 0.909 bits per heavy atom. The lowest BCUT2D eigenvalue weighted by molar-refractivity contribution is -0.124. The predicted molar refractivity (Wildman–Crippen MR) is 159 cm³/mol. The van der Waals surface area contributed by atoms with Crippen LogP contribution in [0.1, 0.15) is 13.3 Å². The molecule has 0 aliphatic heterocycles. The number of nitrogens with one attached hydrogen (secondary N) is 1. The molecule has 0 aromatic heterocycles. The van der Waals surface area contributed by atoms with Crippen molar-refractivity contribution in [3.8, 4) is 0 Å². The molecule has 0 aliphatic carbocycles. The van der Waals surface area contributed by atoms with Gasteiger partial charge in [-0.2, -0.15) is 0 Å². The molecule has 0 aromatic carbocycles. The van der Waals surface area contributed by atoms with E-state index in [-0.39, 0.29) is 18.9 Å². The zero-order valence-electron chi connectivity index (χ0n) is 26.8. The molecule has 0 spiro atoms. The SMILES string of the molecule is COCCOCCOCCOCCOCCOCCOCCOCCOCCOCCOCCOCCC(=O)N[C@@H](C)C=O. The fraction of sp³-hybridized carbons (Fsp3) is 0.931. The lowest BCUT2D eigenvalue weighted by Crippen LogP contribution is -2.34. The fourth-order valence-corrected chi connectivity index (χ4v) is 2.97. The second-order valence-corrected chi connectivity index (χ2v) is 8.97. The summed E-state index contributed by atoms with van der Waals surface area (Å²) >= 11 is 0. The van der Waals surface area contributed by atoms with Gasteiger partial charge in [0, 0.05) is 13.5 Å². The van der Waals surface area contributed by atoms with E-state index >= 15 is 0 Å². The number of hydrogen-bond acceptors (Lipinski definition) is 14. The summed E-state index contributed by atoms with van der Waals surface area (Å²) in [4.78, 5) is 21.9. The minimum absolute atomic E-state index is 0.206. The molecule has 15 heteroatoms. The summed E-state index contributed by atoms with van der Waals surface area (Å²) in [5, 5.41) is 2.54. The molecule has 1 atom stereocenters. The Hall–Kier alpha value is -1.34. The van der Waals surface area contributed by atoms with Gasteiger partial charge in [-0.15, -0.1) is 0 Å². The molecule has 0 rings (SSSR count). The first-order valence-corrected chi connectivity index (χ1v) is 15.3. The Labute approximate surface area is 262 Å². The van der Waals surface area contributed by atoms with E-state index in [9.17, 15) is 9.59 Å². The molecule has 0 saturated carbocycles. The first kappa shape index (κ1) is 42.7. The highest BCUT2D eigenvalue weighted by Gasteiger charge is 2.05. The third-order valence-electron chi connectivity index (χ3n) is 5.22. The number of rotatable bonds is 38. The molecule has 0 radical (unpaired) electrons. The summed E-state index contributed by atoms with van der Waals surface area (Å²) < 4.78 is 64.4. The zero-order valence-corrected chi connectivity index (χ0v) is 26.8. The van der Waals surface area contributed by atoms with Crippen LogP contribution in [0.4, 0.5) is 0 Å². The van der Waals surface area contributed by atoms with Crippen LogP contribution in [0.25, 0.3) is 0 Å². The van der Waals surface area contributed by atoms with Crippen LogP contribution in [0, 0.1) is 0 Å². The molecule has 1 N–H and O–H groups in total. The zero-order chi connectivity index (χ0) is 32.0. The second kappa shape index (κ2) is 37.8. The quantitative estimate of drug-likeness (QED) is 0.0703. The van der Waals surface area contributed by atoms with Crippen molar-refractivity contribution in [2.75, 3.05) is 159 Å².